The minimum absolute atomic E-state index is 0.0386. The molecule has 6 heteroatoms. The molecule has 2 amide bonds. The van der Waals surface area contributed by atoms with Gasteiger partial charge in [0.25, 0.3) is 0 Å². The molecule has 5 rings (SSSR count). The summed E-state index contributed by atoms with van der Waals surface area (Å²) in [5.74, 6) is -1.08. The summed E-state index contributed by atoms with van der Waals surface area (Å²) >= 11 is 0. The van der Waals surface area contributed by atoms with Crippen molar-refractivity contribution in [2.24, 2.45) is 0 Å². The van der Waals surface area contributed by atoms with Crippen LogP contribution in [0.15, 0.2) is 137 Å². The molecular weight excluding hydrogens is 536 g/mol. The number of benzene rings is 4. The minimum atomic E-state index is -0.589. The van der Waals surface area contributed by atoms with Crippen LogP contribution in [0.5, 0.6) is 0 Å². The molecule has 1 heterocycles. The molecular formula is C37H34N2O4. The highest BCUT2D eigenvalue weighted by molar-refractivity contribution is 5.91. The Balaban J connectivity index is 1.47. The maximum Gasteiger partial charge on any atom is 0.242 e. The fourth-order valence-electron chi connectivity index (χ4n) is 5.24. The molecule has 0 saturated carbocycles. The molecule has 0 spiro atoms. The number of nitrogens with zero attached hydrogens (tertiary/aromatic N) is 2. The van der Waals surface area contributed by atoms with Gasteiger partial charge in [-0.05, 0) is 35.7 Å². The quantitative estimate of drug-likeness (QED) is 0.171. The van der Waals surface area contributed by atoms with E-state index in [0.29, 0.717) is 16.5 Å². The number of hydrogen-bond acceptors (Lipinski definition) is 4. The van der Waals surface area contributed by atoms with Gasteiger partial charge in [-0.15, -0.1) is 6.58 Å². The zero-order valence-electron chi connectivity index (χ0n) is 24.2. The van der Waals surface area contributed by atoms with Crippen LogP contribution in [-0.4, -0.2) is 34.7 Å². The average Bonchev–Trinajstić information content (AvgIpc) is 3.03. The van der Waals surface area contributed by atoms with Gasteiger partial charge in [0.05, 0.1) is 29.7 Å². The Morgan fingerprint density at radius 3 is 2.02 bits per heavy atom. The molecule has 6 nitrogen and oxygen atoms in total. The summed E-state index contributed by atoms with van der Waals surface area (Å²) in [4.78, 5) is 44.8. The summed E-state index contributed by atoms with van der Waals surface area (Å²) in [5, 5.41) is 0.474. The van der Waals surface area contributed by atoms with Crippen LogP contribution in [0.2, 0.25) is 0 Å². The molecule has 5 aromatic rings. The summed E-state index contributed by atoms with van der Waals surface area (Å²) in [6.45, 7) is 6.09. The monoisotopic (exact) mass is 570 g/mol. The topological polar surface area (TPSA) is 70.8 Å². The normalized spacial score (nSPS) is 10.9. The van der Waals surface area contributed by atoms with E-state index in [4.69, 9.17) is 4.42 Å². The zero-order valence-corrected chi connectivity index (χ0v) is 24.2. The molecule has 0 N–H and O–H groups in total. The molecule has 0 bridgehead atoms. The van der Waals surface area contributed by atoms with Crippen LogP contribution in [0, 0.1) is 6.92 Å². The number of carbonyl (C=O) groups excluding carboxylic acids is 2. The van der Waals surface area contributed by atoms with E-state index in [2.05, 4.69) is 6.58 Å². The summed E-state index contributed by atoms with van der Waals surface area (Å²) in [6, 6.07) is 34.2. The number of amides is 2. The first-order chi connectivity index (χ1) is 20.9. The second-order valence-corrected chi connectivity index (χ2v) is 10.6. The molecule has 0 unspecified atom stereocenters. The Kier molecular flexibility index (Phi) is 9.27. The molecule has 4 aromatic carbocycles. The van der Waals surface area contributed by atoms with Gasteiger partial charge in [0, 0.05) is 13.1 Å². The summed E-state index contributed by atoms with van der Waals surface area (Å²) in [5.41, 5.74) is 4.22. The van der Waals surface area contributed by atoms with Crippen molar-refractivity contribution in [1.82, 2.24) is 9.80 Å². The molecule has 1 aromatic heterocycles. The molecule has 0 saturated heterocycles. The number of aryl methyl sites for hydroxylation is 1. The smallest absolute Gasteiger partial charge is 0.242 e. The van der Waals surface area contributed by atoms with Gasteiger partial charge in [-0.3, -0.25) is 14.4 Å². The molecule has 0 aliphatic carbocycles. The van der Waals surface area contributed by atoms with Gasteiger partial charge in [0.15, 0.2) is 5.43 Å². The lowest BCUT2D eigenvalue weighted by Crippen LogP contribution is -2.44. The third kappa shape index (κ3) is 6.99. The van der Waals surface area contributed by atoms with Gasteiger partial charge >= 0.3 is 0 Å². The fraction of sp³-hybridized carbons (Fsp3) is 0.162. The van der Waals surface area contributed by atoms with E-state index < -0.39 is 5.92 Å². The third-order valence-corrected chi connectivity index (χ3v) is 7.43. The number of carbonyl (C=O) groups is 2. The van der Waals surface area contributed by atoms with Gasteiger partial charge in [0.2, 0.25) is 11.8 Å². The van der Waals surface area contributed by atoms with E-state index in [1.807, 2.05) is 104 Å². The van der Waals surface area contributed by atoms with Gasteiger partial charge < -0.3 is 14.2 Å². The van der Waals surface area contributed by atoms with Crippen LogP contribution in [0.25, 0.3) is 11.0 Å². The number of fused-ring (bicyclic) bond motifs is 1. The molecule has 43 heavy (non-hydrogen) atoms. The van der Waals surface area contributed by atoms with E-state index in [9.17, 15) is 14.4 Å². The Labute approximate surface area is 251 Å². The first-order valence-corrected chi connectivity index (χ1v) is 14.3. The van der Waals surface area contributed by atoms with Crippen molar-refractivity contribution >= 4 is 22.8 Å². The summed E-state index contributed by atoms with van der Waals surface area (Å²) in [6.07, 6.45) is 3.05. The van der Waals surface area contributed by atoms with Gasteiger partial charge in [-0.1, -0.05) is 109 Å². The standard InChI is InChI=1S/C37H34N2O4/c1-3-21-38(37(42)35(29-15-9-5-10-16-29)30-17-11-6-12-18-30)25-34(40)39(23-28-13-7-4-8-14-28)24-31-26-43-33-20-19-27(2)22-32(33)36(31)41/h3-20,22,26,35H,1,21,23-25H2,2H3. The first-order valence-electron chi connectivity index (χ1n) is 14.3. The predicted molar refractivity (Wildman–Crippen MR) is 169 cm³/mol. The average molecular weight is 571 g/mol. The highest BCUT2D eigenvalue weighted by Crippen LogP contribution is 2.27. The van der Waals surface area contributed by atoms with Crippen LogP contribution >= 0.6 is 0 Å². The van der Waals surface area contributed by atoms with Crippen molar-refractivity contribution in [3.05, 3.63) is 166 Å². The lowest BCUT2D eigenvalue weighted by Gasteiger charge is -2.30. The minimum Gasteiger partial charge on any atom is -0.464 e. The van der Waals surface area contributed by atoms with Crippen molar-refractivity contribution in [1.29, 1.82) is 0 Å². The van der Waals surface area contributed by atoms with Gasteiger partial charge in [0.1, 0.15) is 12.1 Å². The molecule has 216 valence electrons. The van der Waals surface area contributed by atoms with Gasteiger partial charge in [-0.2, -0.15) is 0 Å². The van der Waals surface area contributed by atoms with Crippen LogP contribution < -0.4 is 5.43 Å². The van der Waals surface area contributed by atoms with E-state index in [0.717, 1.165) is 22.3 Å². The van der Waals surface area contributed by atoms with E-state index in [1.54, 1.807) is 23.1 Å². The first kappa shape index (κ1) is 29.3. The maximum atomic E-state index is 14.2. The Bertz CT molecular complexity index is 1730. The second-order valence-electron chi connectivity index (χ2n) is 10.6. The largest absolute Gasteiger partial charge is 0.464 e. The van der Waals surface area contributed by atoms with Crippen LogP contribution in [0.3, 0.4) is 0 Å². The SMILES string of the molecule is C=CCN(CC(=O)N(Cc1ccccc1)Cc1coc2ccc(C)cc2c1=O)C(=O)C(c1ccccc1)c1ccccc1. The van der Waals surface area contributed by atoms with Crippen LogP contribution in [0.4, 0.5) is 0 Å². The lowest BCUT2D eigenvalue weighted by molar-refractivity contribution is -0.141. The number of rotatable bonds is 11. The fourth-order valence-corrected chi connectivity index (χ4v) is 5.24. The van der Waals surface area contributed by atoms with Crippen molar-refractivity contribution in [3.8, 4) is 0 Å². The highest BCUT2D eigenvalue weighted by atomic mass is 16.3. The molecule has 0 atom stereocenters. The van der Waals surface area contributed by atoms with Crippen LogP contribution in [0.1, 0.15) is 33.7 Å². The van der Waals surface area contributed by atoms with Crippen molar-refractivity contribution < 1.29 is 14.0 Å². The third-order valence-electron chi connectivity index (χ3n) is 7.43. The molecule has 0 radical (unpaired) electrons. The maximum absolute atomic E-state index is 14.2. The molecule has 0 aliphatic heterocycles. The molecule has 0 aliphatic rings. The zero-order chi connectivity index (χ0) is 30.2. The predicted octanol–water partition coefficient (Wildman–Crippen LogP) is 6.48. The van der Waals surface area contributed by atoms with E-state index in [-0.39, 0.29) is 43.4 Å². The second kappa shape index (κ2) is 13.6. The summed E-state index contributed by atoms with van der Waals surface area (Å²) in [7, 11) is 0. The summed E-state index contributed by atoms with van der Waals surface area (Å²) < 4.78 is 5.78. The van der Waals surface area contributed by atoms with Crippen molar-refractivity contribution in [3.63, 3.8) is 0 Å². The van der Waals surface area contributed by atoms with Gasteiger partial charge in [-0.25, -0.2) is 0 Å². The lowest BCUT2D eigenvalue weighted by atomic mass is 9.90. The molecule has 0 fully saturated rings. The number of hydrogen-bond donors (Lipinski definition) is 0. The van der Waals surface area contributed by atoms with E-state index in [1.165, 1.54) is 11.2 Å². The van der Waals surface area contributed by atoms with E-state index >= 15 is 0 Å². The Hall–Kier alpha value is -5.23. The Morgan fingerprint density at radius 2 is 1.42 bits per heavy atom. The van der Waals surface area contributed by atoms with Crippen LogP contribution in [-0.2, 0) is 22.7 Å². The highest BCUT2D eigenvalue weighted by Gasteiger charge is 2.30. The van der Waals surface area contributed by atoms with Crippen molar-refractivity contribution in [2.45, 2.75) is 25.9 Å². The Morgan fingerprint density at radius 1 is 0.814 bits per heavy atom. The van der Waals surface area contributed by atoms with Crippen molar-refractivity contribution in [2.75, 3.05) is 13.1 Å².